The van der Waals surface area contributed by atoms with Crippen LogP contribution in [0.15, 0.2) is 48.5 Å². The van der Waals surface area contributed by atoms with Crippen LogP contribution in [-0.4, -0.2) is 12.6 Å². The average molecular weight is 531 g/mol. The van der Waals surface area contributed by atoms with Gasteiger partial charge in [-0.25, -0.2) is 18.0 Å². The summed E-state index contributed by atoms with van der Waals surface area (Å²) in [5, 5.41) is 0. The molecular weight excluding hydrogens is 503 g/mol. The molecule has 200 valence electrons. The van der Waals surface area contributed by atoms with Crippen molar-refractivity contribution in [3.8, 4) is 23.3 Å². The topological polar surface area (TPSA) is 35.5 Å². The number of hydrogen-bond donors (Lipinski definition) is 0. The lowest BCUT2D eigenvalue weighted by molar-refractivity contribution is 0.0734. The van der Waals surface area contributed by atoms with Crippen molar-refractivity contribution in [2.75, 3.05) is 6.61 Å². The Kier molecular flexibility index (Phi) is 10.7. The van der Waals surface area contributed by atoms with Gasteiger partial charge in [0.15, 0.2) is 17.4 Å². The van der Waals surface area contributed by atoms with E-state index in [-0.39, 0.29) is 23.5 Å². The molecule has 8 heteroatoms. The largest absolute Gasteiger partial charge is 0.487 e. The molecular formula is C30H27F5O3. The summed E-state index contributed by atoms with van der Waals surface area (Å²) in [5.74, 6) is -4.18. The number of carbonyl (C=O) groups is 1. The van der Waals surface area contributed by atoms with E-state index < -0.39 is 46.4 Å². The first-order chi connectivity index (χ1) is 18.3. The number of carbonyl (C=O) groups excluding carboxylic acids is 1. The first-order valence-corrected chi connectivity index (χ1v) is 12.4. The highest BCUT2D eigenvalue weighted by Gasteiger charge is 2.26. The molecule has 0 saturated heterocycles. The molecule has 3 aromatic carbocycles. The molecule has 38 heavy (non-hydrogen) atoms. The van der Waals surface area contributed by atoms with Crippen LogP contribution in [-0.2, 0) is 0 Å². The van der Waals surface area contributed by atoms with Gasteiger partial charge in [-0.2, -0.15) is 8.78 Å². The third-order valence-corrected chi connectivity index (χ3v) is 5.69. The van der Waals surface area contributed by atoms with E-state index in [0.717, 1.165) is 50.7 Å². The second-order valence-electron chi connectivity index (χ2n) is 8.60. The summed E-state index contributed by atoms with van der Waals surface area (Å²) in [6.07, 6.45) is 6.69. The van der Waals surface area contributed by atoms with Crippen LogP contribution in [0.5, 0.6) is 11.5 Å². The number of ether oxygens (including phenoxy) is 2. The van der Waals surface area contributed by atoms with Gasteiger partial charge in [0, 0.05) is 5.56 Å². The van der Waals surface area contributed by atoms with Gasteiger partial charge in [-0.05, 0) is 55.0 Å². The van der Waals surface area contributed by atoms with Gasteiger partial charge in [0.1, 0.15) is 17.1 Å². The van der Waals surface area contributed by atoms with E-state index in [9.17, 15) is 26.7 Å². The lowest BCUT2D eigenvalue weighted by Crippen LogP contribution is -2.08. The summed E-state index contributed by atoms with van der Waals surface area (Å²) >= 11 is 0. The zero-order valence-electron chi connectivity index (χ0n) is 20.9. The zero-order valence-corrected chi connectivity index (χ0v) is 20.9. The second-order valence-corrected chi connectivity index (χ2v) is 8.60. The summed E-state index contributed by atoms with van der Waals surface area (Å²) in [6, 6.07) is 10.3. The molecule has 0 heterocycles. The van der Waals surface area contributed by atoms with Crippen LogP contribution in [0.1, 0.15) is 73.4 Å². The maximum absolute atomic E-state index is 14.5. The fourth-order valence-electron chi connectivity index (χ4n) is 3.57. The highest BCUT2D eigenvalue weighted by molar-refractivity contribution is 5.91. The summed E-state index contributed by atoms with van der Waals surface area (Å²) in [4.78, 5) is 12.1. The summed E-state index contributed by atoms with van der Waals surface area (Å²) in [5.41, 5.74) is -0.680. The molecule has 3 rings (SSSR count). The highest BCUT2D eigenvalue weighted by Crippen LogP contribution is 2.30. The molecule has 0 radical (unpaired) electrons. The molecule has 0 spiro atoms. The molecule has 0 atom stereocenters. The van der Waals surface area contributed by atoms with Gasteiger partial charge in [-0.3, -0.25) is 0 Å². The first kappa shape index (κ1) is 28.7. The highest BCUT2D eigenvalue weighted by atomic mass is 19.2. The lowest BCUT2D eigenvalue weighted by Gasteiger charge is -2.11. The minimum absolute atomic E-state index is 0.0659. The molecule has 3 aromatic rings. The lowest BCUT2D eigenvalue weighted by atomic mass is 10.1. The van der Waals surface area contributed by atoms with Gasteiger partial charge in [0.05, 0.1) is 12.2 Å². The third-order valence-electron chi connectivity index (χ3n) is 5.69. The van der Waals surface area contributed by atoms with E-state index in [0.29, 0.717) is 6.42 Å². The molecule has 0 aliphatic rings. The van der Waals surface area contributed by atoms with Gasteiger partial charge in [0.25, 0.3) is 0 Å². The van der Waals surface area contributed by atoms with Crippen LogP contribution < -0.4 is 9.47 Å². The van der Waals surface area contributed by atoms with Crippen molar-refractivity contribution in [2.45, 2.75) is 51.9 Å². The SMILES string of the molecule is CCCCCCCCCOc1c(F)c(F)c(C#Cc2ccc(OC(=O)c3ccc(F)cc3)cc2)c(F)c1F. The molecule has 0 amide bonds. The Bertz CT molecular complexity index is 1260. The predicted molar refractivity (Wildman–Crippen MR) is 134 cm³/mol. The van der Waals surface area contributed by atoms with Crippen molar-refractivity contribution in [2.24, 2.45) is 0 Å². The molecule has 0 fully saturated rings. The molecule has 0 aliphatic heterocycles. The minimum atomic E-state index is -1.64. The molecule has 0 saturated carbocycles. The first-order valence-electron chi connectivity index (χ1n) is 12.4. The fraction of sp³-hybridized carbons (Fsp3) is 0.300. The molecule has 3 nitrogen and oxygen atoms in total. The fourth-order valence-corrected chi connectivity index (χ4v) is 3.57. The van der Waals surface area contributed by atoms with Crippen molar-refractivity contribution in [1.82, 2.24) is 0 Å². The van der Waals surface area contributed by atoms with E-state index in [1.54, 1.807) is 0 Å². The van der Waals surface area contributed by atoms with Gasteiger partial charge < -0.3 is 9.47 Å². The Morgan fingerprint density at radius 3 is 1.89 bits per heavy atom. The predicted octanol–water partition coefficient (Wildman–Crippen LogP) is 8.13. The Balaban J connectivity index is 1.63. The molecule has 0 aliphatic carbocycles. The van der Waals surface area contributed by atoms with Crippen molar-refractivity contribution in [3.63, 3.8) is 0 Å². The molecule has 0 bridgehead atoms. The summed E-state index contributed by atoms with van der Waals surface area (Å²) in [6.45, 7) is 2.05. The van der Waals surface area contributed by atoms with Crippen LogP contribution in [0.3, 0.4) is 0 Å². The Hall–Kier alpha value is -3.86. The Morgan fingerprint density at radius 2 is 1.29 bits per heavy atom. The van der Waals surface area contributed by atoms with Crippen LogP contribution in [0.25, 0.3) is 0 Å². The molecule has 0 aromatic heterocycles. The smallest absolute Gasteiger partial charge is 0.343 e. The number of esters is 1. The van der Waals surface area contributed by atoms with Crippen LogP contribution in [0.2, 0.25) is 0 Å². The van der Waals surface area contributed by atoms with E-state index in [1.165, 1.54) is 36.4 Å². The van der Waals surface area contributed by atoms with E-state index >= 15 is 0 Å². The normalized spacial score (nSPS) is 10.6. The van der Waals surface area contributed by atoms with E-state index in [1.807, 2.05) is 0 Å². The monoisotopic (exact) mass is 530 g/mol. The average Bonchev–Trinajstić information content (AvgIpc) is 2.92. The van der Waals surface area contributed by atoms with Crippen LogP contribution in [0.4, 0.5) is 22.0 Å². The standard InChI is InChI=1S/C30H27F5O3/c1-2-3-4-5-6-7-8-19-37-29-27(34)25(32)24(26(33)28(29)35)18-11-20-9-16-23(17-10-20)38-30(36)21-12-14-22(31)15-13-21/h9-10,12-17H,2-8,19H2,1H3. The number of rotatable bonds is 11. The minimum Gasteiger partial charge on any atom is -0.487 e. The molecule has 0 N–H and O–H groups in total. The zero-order chi connectivity index (χ0) is 27.5. The quantitative estimate of drug-likeness (QED) is 0.0627. The third kappa shape index (κ3) is 7.82. The number of halogens is 5. The van der Waals surface area contributed by atoms with Crippen molar-refractivity contribution in [3.05, 3.63) is 94.3 Å². The Labute approximate surface area is 218 Å². The van der Waals surface area contributed by atoms with Crippen molar-refractivity contribution >= 4 is 5.97 Å². The maximum Gasteiger partial charge on any atom is 0.343 e. The van der Waals surface area contributed by atoms with E-state index in [2.05, 4.69) is 18.8 Å². The number of hydrogen-bond acceptors (Lipinski definition) is 3. The van der Waals surface area contributed by atoms with E-state index in [4.69, 9.17) is 9.47 Å². The second kappa shape index (κ2) is 14.2. The number of benzene rings is 3. The Morgan fingerprint density at radius 1 is 0.711 bits per heavy atom. The van der Waals surface area contributed by atoms with Crippen LogP contribution >= 0.6 is 0 Å². The molecule has 0 unspecified atom stereocenters. The number of unbranched alkanes of at least 4 members (excludes halogenated alkanes) is 6. The summed E-state index contributed by atoms with van der Waals surface area (Å²) in [7, 11) is 0. The van der Waals surface area contributed by atoms with Crippen molar-refractivity contribution in [1.29, 1.82) is 0 Å². The maximum atomic E-state index is 14.5. The van der Waals surface area contributed by atoms with Crippen LogP contribution in [0, 0.1) is 40.9 Å². The van der Waals surface area contributed by atoms with Gasteiger partial charge in [-0.15, -0.1) is 0 Å². The van der Waals surface area contributed by atoms with Gasteiger partial charge >= 0.3 is 5.97 Å². The van der Waals surface area contributed by atoms with Gasteiger partial charge in [-0.1, -0.05) is 57.3 Å². The van der Waals surface area contributed by atoms with Gasteiger partial charge in [0.2, 0.25) is 11.6 Å². The summed E-state index contributed by atoms with van der Waals surface area (Å²) < 4.78 is 81.1. The van der Waals surface area contributed by atoms with Crippen molar-refractivity contribution < 1.29 is 36.2 Å².